The number of hydrogen-bond acceptors (Lipinski definition) is 6. The van der Waals surface area contributed by atoms with Crippen molar-refractivity contribution in [2.45, 2.75) is 0 Å². The molecule has 0 spiro atoms. The molecule has 2 amide bonds. The lowest BCUT2D eigenvalue weighted by Gasteiger charge is -2.34. The third-order valence-electron chi connectivity index (χ3n) is 7.37. The molecule has 0 bridgehead atoms. The van der Waals surface area contributed by atoms with Crippen LogP contribution in [0.3, 0.4) is 0 Å². The SMILES string of the molecule is COCCN1CCN(CC(=O)N(C)c2ccc(N/C(=C3\C(=O)Nc4cc(Cl)ccc43)c3ccccc3)cc2)CC1. The molecule has 208 valence electrons. The Balaban J connectivity index is 1.30. The molecule has 0 atom stereocenters. The molecule has 1 fully saturated rings. The van der Waals surface area contributed by atoms with E-state index in [-0.39, 0.29) is 11.8 Å². The van der Waals surface area contributed by atoms with Gasteiger partial charge in [0.25, 0.3) is 5.91 Å². The summed E-state index contributed by atoms with van der Waals surface area (Å²) >= 11 is 6.16. The van der Waals surface area contributed by atoms with Gasteiger partial charge < -0.3 is 20.3 Å². The lowest BCUT2D eigenvalue weighted by molar-refractivity contribution is -0.120. The first-order chi connectivity index (χ1) is 19.4. The summed E-state index contributed by atoms with van der Waals surface area (Å²) in [4.78, 5) is 32.4. The summed E-state index contributed by atoms with van der Waals surface area (Å²) in [5.41, 5.74) is 5.23. The van der Waals surface area contributed by atoms with E-state index in [4.69, 9.17) is 16.3 Å². The molecule has 0 unspecified atom stereocenters. The van der Waals surface area contributed by atoms with Crippen molar-refractivity contribution < 1.29 is 14.3 Å². The lowest BCUT2D eigenvalue weighted by atomic mass is 10.00. The van der Waals surface area contributed by atoms with Crippen LogP contribution in [0.2, 0.25) is 5.02 Å². The van der Waals surface area contributed by atoms with Crippen LogP contribution in [0.25, 0.3) is 11.3 Å². The van der Waals surface area contributed by atoms with Crippen LogP contribution < -0.4 is 15.5 Å². The fourth-order valence-electron chi connectivity index (χ4n) is 5.02. The van der Waals surface area contributed by atoms with E-state index in [1.165, 1.54) is 0 Å². The number of methoxy groups -OCH3 is 1. The number of halogens is 1. The number of nitrogens with one attached hydrogen (secondary N) is 2. The topological polar surface area (TPSA) is 77.2 Å². The molecule has 2 aliphatic rings. The van der Waals surface area contributed by atoms with Crippen molar-refractivity contribution >= 4 is 51.7 Å². The van der Waals surface area contributed by atoms with E-state index in [1.807, 2.05) is 67.7 Å². The highest BCUT2D eigenvalue weighted by molar-refractivity contribution is 6.38. The van der Waals surface area contributed by atoms with Crippen molar-refractivity contribution in [1.29, 1.82) is 0 Å². The Hall–Kier alpha value is -3.69. The second-order valence-corrected chi connectivity index (χ2v) is 10.4. The van der Waals surface area contributed by atoms with E-state index in [1.54, 1.807) is 24.1 Å². The molecule has 5 rings (SSSR count). The van der Waals surface area contributed by atoms with Gasteiger partial charge in [0.15, 0.2) is 0 Å². The Morgan fingerprint density at radius 3 is 2.40 bits per heavy atom. The first-order valence-corrected chi connectivity index (χ1v) is 13.8. The van der Waals surface area contributed by atoms with Crippen LogP contribution in [0, 0.1) is 0 Å². The lowest BCUT2D eigenvalue weighted by Crippen LogP contribution is -2.50. The van der Waals surface area contributed by atoms with Gasteiger partial charge in [0.05, 0.1) is 30.1 Å². The van der Waals surface area contributed by atoms with Crippen molar-refractivity contribution in [1.82, 2.24) is 9.80 Å². The molecule has 0 aromatic heterocycles. The second-order valence-electron chi connectivity index (χ2n) is 10.00. The molecular weight excluding hydrogens is 526 g/mol. The first-order valence-electron chi connectivity index (χ1n) is 13.4. The minimum absolute atomic E-state index is 0.0519. The van der Waals surface area contributed by atoms with Gasteiger partial charge >= 0.3 is 0 Å². The number of likely N-dealkylation sites (N-methyl/N-ethyl adjacent to an activating group) is 1. The number of anilines is 3. The molecule has 40 heavy (non-hydrogen) atoms. The van der Waals surface area contributed by atoms with Gasteiger partial charge in [-0.15, -0.1) is 0 Å². The molecule has 0 aliphatic carbocycles. The van der Waals surface area contributed by atoms with E-state index >= 15 is 0 Å². The minimum Gasteiger partial charge on any atom is -0.383 e. The number of fused-ring (bicyclic) bond motifs is 1. The van der Waals surface area contributed by atoms with Gasteiger partial charge in [0.1, 0.15) is 0 Å². The van der Waals surface area contributed by atoms with Crippen LogP contribution in [-0.4, -0.2) is 81.6 Å². The van der Waals surface area contributed by atoms with Crippen LogP contribution in [0.4, 0.5) is 17.1 Å². The zero-order chi connectivity index (χ0) is 28.1. The van der Waals surface area contributed by atoms with E-state index in [2.05, 4.69) is 20.4 Å². The average Bonchev–Trinajstić information content (AvgIpc) is 3.30. The monoisotopic (exact) mass is 559 g/mol. The third-order valence-corrected chi connectivity index (χ3v) is 7.61. The van der Waals surface area contributed by atoms with Crippen LogP contribution >= 0.6 is 11.6 Å². The van der Waals surface area contributed by atoms with Crippen LogP contribution in [-0.2, 0) is 14.3 Å². The van der Waals surface area contributed by atoms with Crippen molar-refractivity contribution in [3.8, 4) is 0 Å². The van der Waals surface area contributed by atoms with Gasteiger partial charge in [-0.05, 0) is 42.0 Å². The maximum Gasteiger partial charge on any atom is 0.258 e. The summed E-state index contributed by atoms with van der Waals surface area (Å²) in [6.45, 7) is 5.65. The van der Waals surface area contributed by atoms with Crippen molar-refractivity contribution in [2.75, 3.05) is 75.6 Å². The fraction of sp³-hybridized carbons (Fsp3) is 0.290. The van der Waals surface area contributed by atoms with Gasteiger partial charge in [0.2, 0.25) is 5.91 Å². The first kappa shape index (κ1) is 27.9. The Morgan fingerprint density at radius 1 is 1.00 bits per heavy atom. The second kappa shape index (κ2) is 12.7. The Labute approximate surface area is 240 Å². The maximum absolute atomic E-state index is 13.1. The summed E-state index contributed by atoms with van der Waals surface area (Å²) in [5, 5.41) is 6.95. The zero-order valence-electron chi connectivity index (χ0n) is 22.8. The summed E-state index contributed by atoms with van der Waals surface area (Å²) in [7, 11) is 3.53. The van der Waals surface area contributed by atoms with E-state index in [0.29, 0.717) is 28.5 Å². The van der Waals surface area contributed by atoms with Gasteiger partial charge in [-0.3, -0.25) is 19.4 Å². The molecule has 2 heterocycles. The molecule has 0 saturated carbocycles. The van der Waals surface area contributed by atoms with Crippen LogP contribution in [0.1, 0.15) is 11.1 Å². The summed E-state index contributed by atoms with van der Waals surface area (Å²) in [5.74, 6) is -0.138. The smallest absolute Gasteiger partial charge is 0.258 e. The molecular formula is C31H34ClN5O3. The molecule has 3 aromatic carbocycles. The fourth-order valence-corrected chi connectivity index (χ4v) is 5.19. The van der Waals surface area contributed by atoms with Gasteiger partial charge in [-0.25, -0.2) is 0 Å². The standard InChI is InChI=1S/C31H34ClN5O3/c1-35(28(38)21-37-16-14-36(15-17-37)18-19-40-2)25-11-9-24(10-12-25)33-30(22-6-4-3-5-7-22)29-26-13-8-23(32)20-27(26)34-31(29)39/h3-13,20,33H,14-19,21H2,1-2H3,(H,34,39)/b30-29-. The number of rotatable bonds is 9. The highest BCUT2D eigenvalue weighted by Crippen LogP contribution is 2.38. The van der Waals surface area contributed by atoms with Gasteiger partial charge in [0, 0.05) is 68.8 Å². The largest absolute Gasteiger partial charge is 0.383 e. The quantitative estimate of drug-likeness (QED) is 0.376. The maximum atomic E-state index is 13.1. The molecule has 9 heteroatoms. The normalized spacial score (nSPS) is 16.8. The number of benzene rings is 3. The number of nitrogens with zero attached hydrogens (tertiary/aromatic N) is 3. The number of hydrogen-bond donors (Lipinski definition) is 2. The van der Waals surface area contributed by atoms with Gasteiger partial charge in [-0.2, -0.15) is 0 Å². The number of carbonyl (C=O) groups excluding carboxylic acids is 2. The summed E-state index contributed by atoms with van der Waals surface area (Å²) < 4.78 is 5.17. The van der Waals surface area contributed by atoms with Crippen molar-refractivity contribution in [3.63, 3.8) is 0 Å². The Bertz CT molecular complexity index is 1390. The average molecular weight is 560 g/mol. The Morgan fingerprint density at radius 2 is 1.70 bits per heavy atom. The summed E-state index contributed by atoms with van der Waals surface area (Å²) in [6, 6.07) is 22.8. The highest BCUT2D eigenvalue weighted by atomic mass is 35.5. The highest BCUT2D eigenvalue weighted by Gasteiger charge is 2.28. The van der Waals surface area contributed by atoms with Gasteiger partial charge in [-0.1, -0.05) is 48.0 Å². The number of piperazine rings is 1. The van der Waals surface area contributed by atoms with Crippen molar-refractivity contribution in [3.05, 3.63) is 88.9 Å². The Kier molecular flexibility index (Phi) is 8.81. The van der Waals surface area contributed by atoms with E-state index in [0.717, 1.165) is 61.8 Å². The van der Waals surface area contributed by atoms with Crippen LogP contribution in [0.15, 0.2) is 72.8 Å². The van der Waals surface area contributed by atoms with Crippen LogP contribution in [0.5, 0.6) is 0 Å². The number of carbonyl (C=O) groups is 2. The zero-order valence-corrected chi connectivity index (χ0v) is 23.6. The molecule has 2 N–H and O–H groups in total. The predicted octanol–water partition coefficient (Wildman–Crippen LogP) is 4.50. The number of ether oxygens (including phenoxy) is 1. The molecule has 8 nitrogen and oxygen atoms in total. The summed E-state index contributed by atoms with van der Waals surface area (Å²) in [6.07, 6.45) is 0. The van der Waals surface area contributed by atoms with E-state index < -0.39 is 0 Å². The number of amides is 2. The third kappa shape index (κ3) is 6.37. The predicted molar refractivity (Wildman–Crippen MR) is 162 cm³/mol. The molecule has 2 aliphatic heterocycles. The minimum atomic E-state index is -0.190. The van der Waals surface area contributed by atoms with E-state index in [9.17, 15) is 9.59 Å². The molecule has 0 radical (unpaired) electrons. The molecule has 1 saturated heterocycles. The van der Waals surface area contributed by atoms with Crippen molar-refractivity contribution in [2.24, 2.45) is 0 Å². The molecule has 3 aromatic rings.